The average molecular weight is 378 g/mol. The van der Waals surface area contributed by atoms with Gasteiger partial charge in [-0.25, -0.2) is 0 Å². The van der Waals surface area contributed by atoms with Crippen molar-refractivity contribution in [1.82, 2.24) is 4.90 Å². The number of rotatable bonds is 2. The number of nitrogens with zero attached hydrogens (tertiary/aromatic N) is 1. The van der Waals surface area contributed by atoms with Crippen molar-refractivity contribution < 1.29 is 4.79 Å². The van der Waals surface area contributed by atoms with E-state index in [9.17, 15) is 4.79 Å². The fourth-order valence-corrected chi connectivity index (χ4v) is 8.43. The molecular formula is C23H39NOS. The summed E-state index contributed by atoms with van der Waals surface area (Å²) in [5.74, 6) is 4.48. The minimum Gasteiger partial charge on any atom is -0.342 e. The molecule has 0 aromatic carbocycles. The average Bonchev–Trinajstić information content (AvgIpc) is 2.97. The van der Waals surface area contributed by atoms with E-state index in [4.69, 9.17) is 12.6 Å². The van der Waals surface area contributed by atoms with Crippen LogP contribution in [0.25, 0.3) is 0 Å². The third-order valence-corrected chi connectivity index (χ3v) is 10.5. The number of carbonyl (C=O) groups is 1. The van der Waals surface area contributed by atoms with Gasteiger partial charge in [-0.2, -0.15) is 12.6 Å². The lowest BCUT2D eigenvalue weighted by Crippen LogP contribution is -2.62. The summed E-state index contributed by atoms with van der Waals surface area (Å²) in [6, 6.07) is 0.467. The maximum Gasteiger partial charge on any atom is 0.222 e. The molecule has 0 aromatic heterocycles. The van der Waals surface area contributed by atoms with Gasteiger partial charge in [0.2, 0.25) is 5.91 Å². The minimum atomic E-state index is 0.338. The zero-order valence-corrected chi connectivity index (χ0v) is 18.4. The molecule has 0 spiro atoms. The highest BCUT2D eigenvalue weighted by molar-refractivity contribution is 7.81. The molecule has 1 aliphatic heterocycles. The van der Waals surface area contributed by atoms with Crippen LogP contribution in [-0.4, -0.2) is 29.1 Å². The lowest BCUT2D eigenvalue weighted by molar-refractivity contribution is -0.164. The smallest absolute Gasteiger partial charge is 0.222 e. The first-order valence-electron chi connectivity index (χ1n) is 11.1. The predicted octanol–water partition coefficient (Wildman–Crippen LogP) is 5.42. The number of hydrogen-bond acceptors (Lipinski definition) is 2. The van der Waals surface area contributed by atoms with Gasteiger partial charge in [0.1, 0.15) is 0 Å². The molecule has 148 valence electrons. The van der Waals surface area contributed by atoms with E-state index in [2.05, 4.69) is 39.6 Å². The maximum atomic E-state index is 12.4. The van der Waals surface area contributed by atoms with Crippen LogP contribution in [0.15, 0.2) is 0 Å². The van der Waals surface area contributed by atoms with Crippen molar-refractivity contribution in [3.05, 3.63) is 0 Å². The summed E-state index contributed by atoms with van der Waals surface area (Å²) < 4.78 is 0. The second-order valence-electron chi connectivity index (χ2n) is 10.9. The van der Waals surface area contributed by atoms with Crippen LogP contribution in [0.4, 0.5) is 0 Å². The van der Waals surface area contributed by atoms with Gasteiger partial charge in [-0.15, -0.1) is 0 Å². The van der Waals surface area contributed by atoms with E-state index in [0.717, 1.165) is 42.4 Å². The molecule has 2 nitrogen and oxygen atoms in total. The molecule has 0 aromatic rings. The van der Waals surface area contributed by atoms with Crippen LogP contribution in [-0.2, 0) is 4.79 Å². The van der Waals surface area contributed by atoms with Crippen LogP contribution in [0.2, 0.25) is 0 Å². The van der Waals surface area contributed by atoms with Crippen LogP contribution < -0.4 is 0 Å². The van der Waals surface area contributed by atoms with E-state index < -0.39 is 0 Å². The zero-order valence-electron chi connectivity index (χ0n) is 17.5. The Morgan fingerprint density at radius 1 is 1.23 bits per heavy atom. The fourth-order valence-electron chi connectivity index (χ4n) is 8.21. The SMILES string of the molecule is CCC(S)C1C[C@H]2[C@@H]3C(C)CC4N(C)C(=O)CC[C@]4(C)[C@@H]3CC[C@]2(C)C1. The Labute approximate surface area is 166 Å². The Bertz CT molecular complexity index is 579. The first-order chi connectivity index (χ1) is 12.2. The quantitative estimate of drug-likeness (QED) is 0.637. The van der Waals surface area contributed by atoms with E-state index >= 15 is 0 Å². The van der Waals surface area contributed by atoms with Gasteiger partial charge in [0.25, 0.3) is 0 Å². The van der Waals surface area contributed by atoms with Crippen molar-refractivity contribution in [2.24, 2.45) is 40.4 Å². The lowest BCUT2D eigenvalue weighted by Gasteiger charge is -2.63. The first kappa shape index (κ1) is 19.2. The summed E-state index contributed by atoms with van der Waals surface area (Å²) in [6.45, 7) is 9.93. The van der Waals surface area contributed by atoms with Crippen LogP contribution in [0.5, 0.6) is 0 Å². The van der Waals surface area contributed by atoms with E-state index in [-0.39, 0.29) is 0 Å². The maximum absolute atomic E-state index is 12.4. The summed E-state index contributed by atoms with van der Waals surface area (Å²) in [6.07, 6.45) is 9.88. The number of carbonyl (C=O) groups excluding carboxylic acids is 1. The van der Waals surface area contributed by atoms with Gasteiger partial charge in [0.15, 0.2) is 0 Å². The zero-order chi connectivity index (χ0) is 18.9. The molecular weight excluding hydrogens is 338 g/mol. The van der Waals surface area contributed by atoms with Crippen molar-refractivity contribution in [1.29, 1.82) is 0 Å². The molecule has 26 heavy (non-hydrogen) atoms. The number of thiol groups is 1. The Morgan fingerprint density at radius 3 is 2.65 bits per heavy atom. The topological polar surface area (TPSA) is 20.3 Å². The molecule has 0 radical (unpaired) electrons. The van der Waals surface area contributed by atoms with Crippen molar-refractivity contribution in [2.75, 3.05) is 7.05 Å². The third-order valence-electron chi connectivity index (χ3n) is 9.70. The molecule has 0 N–H and O–H groups in total. The molecule has 9 atom stereocenters. The molecule has 1 saturated heterocycles. The first-order valence-corrected chi connectivity index (χ1v) is 11.7. The van der Waals surface area contributed by atoms with Crippen LogP contribution >= 0.6 is 12.6 Å². The molecule has 4 unspecified atom stereocenters. The van der Waals surface area contributed by atoms with Crippen LogP contribution in [0, 0.1) is 40.4 Å². The van der Waals surface area contributed by atoms with Gasteiger partial charge in [-0.05, 0) is 85.4 Å². The minimum absolute atomic E-state index is 0.338. The summed E-state index contributed by atoms with van der Waals surface area (Å²) >= 11 is 4.95. The van der Waals surface area contributed by atoms with Gasteiger partial charge in [-0.3, -0.25) is 4.79 Å². The van der Waals surface area contributed by atoms with Crippen molar-refractivity contribution in [3.63, 3.8) is 0 Å². The monoisotopic (exact) mass is 377 g/mol. The highest BCUT2D eigenvalue weighted by Crippen LogP contribution is 2.67. The second-order valence-corrected chi connectivity index (χ2v) is 11.6. The summed E-state index contributed by atoms with van der Waals surface area (Å²) in [5, 5.41) is 0.580. The number of amides is 1. The number of likely N-dealkylation sites (tertiary alicyclic amines) is 1. The molecule has 4 aliphatic rings. The summed E-state index contributed by atoms with van der Waals surface area (Å²) in [7, 11) is 2.07. The van der Waals surface area contributed by atoms with Gasteiger partial charge >= 0.3 is 0 Å². The van der Waals surface area contributed by atoms with Crippen molar-refractivity contribution in [3.8, 4) is 0 Å². The third kappa shape index (κ3) is 2.62. The molecule has 3 saturated carbocycles. The second kappa shape index (κ2) is 6.42. The highest BCUT2D eigenvalue weighted by Gasteiger charge is 2.62. The molecule has 4 rings (SSSR count). The molecule has 1 heterocycles. The van der Waals surface area contributed by atoms with Gasteiger partial charge in [0.05, 0.1) is 0 Å². The molecule has 0 bridgehead atoms. The Morgan fingerprint density at radius 2 is 1.96 bits per heavy atom. The number of hydrogen-bond donors (Lipinski definition) is 1. The fraction of sp³-hybridized carbons (Fsp3) is 0.957. The predicted molar refractivity (Wildman–Crippen MR) is 111 cm³/mol. The molecule has 4 fully saturated rings. The number of piperidine rings is 1. The standard InChI is InChI=1S/C23H39NOS/c1-6-18(26)15-12-17-21-14(2)11-19-23(4,10-8-20(25)24(19)5)16(21)7-9-22(17,3)13-15/h14-19,21,26H,6-13H2,1-5H3/t14?,15?,16-,17+,18?,19?,21-,22-,23-/m1/s1. The van der Waals surface area contributed by atoms with E-state index in [0.29, 0.717) is 28.0 Å². The van der Waals surface area contributed by atoms with Crippen LogP contribution in [0.3, 0.4) is 0 Å². The highest BCUT2D eigenvalue weighted by atomic mass is 32.1. The van der Waals surface area contributed by atoms with Gasteiger partial charge in [-0.1, -0.05) is 27.7 Å². The van der Waals surface area contributed by atoms with E-state index in [1.807, 2.05) is 0 Å². The largest absolute Gasteiger partial charge is 0.342 e. The Balaban J connectivity index is 1.65. The Hall–Kier alpha value is -0.180. The summed E-state index contributed by atoms with van der Waals surface area (Å²) in [5.41, 5.74) is 0.875. The summed E-state index contributed by atoms with van der Waals surface area (Å²) in [4.78, 5) is 14.5. The normalized spacial score (nSPS) is 52.2. The molecule has 1 amide bonds. The van der Waals surface area contributed by atoms with Gasteiger partial charge in [0, 0.05) is 24.8 Å². The lowest BCUT2D eigenvalue weighted by atomic mass is 9.45. The van der Waals surface area contributed by atoms with Crippen LogP contribution in [0.1, 0.15) is 79.1 Å². The molecule has 3 heteroatoms. The number of fused-ring (bicyclic) bond motifs is 5. The Kier molecular flexibility index (Phi) is 4.73. The van der Waals surface area contributed by atoms with E-state index in [1.165, 1.54) is 38.5 Å². The van der Waals surface area contributed by atoms with Gasteiger partial charge < -0.3 is 4.90 Å². The molecule has 3 aliphatic carbocycles. The van der Waals surface area contributed by atoms with Crippen molar-refractivity contribution in [2.45, 2.75) is 90.4 Å². The van der Waals surface area contributed by atoms with E-state index in [1.54, 1.807) is 0 Å². The van der Waals surface area contributed by atoms with Crippen molar-refractivity contribution >= 4 is 18.5 Å².